The van der Waals surface area contributed by atoms with Crippen molar-refractivity contribution in [1.82, 2.24) is 5.32 Å². The van der Waals surface area contributed by atoms with Gasteiger partial charge >= 0.3 is 0 Å². The normalized spacial score (nSPS) is 13.3. The molecular weight excluding hydrogens is 314 g/mol. The predicted molar refractivity (Wildman–Crippen MR) is 88.5 cm³/mol. The van der Waals surface area contributed by atoms with E-state index in [1.165, 1.54) is 6.07 Å². The number of aliphatic hydroxyl groups excluding tert-OH is 1. The van der Waals surface area contributed by atoms with Gasteiger partial charge in [0.1, 0.15) is 11.6 Å². The summed E-state index contributed by atoms with van der Waals surface area (Å²) in [5, 5.41) is 15.6. The molecule has 0 radical (unpaired) electrons. The van der Waals surface area contributed by atoms with Crippen molar-refractivity contribution in [3.05, 3.63) is 65.7 Å². The number of benzene rings is 2. The van der Waals surface area contributed by atoms with Gasteiger partial charge in [-0.15, -0.1) is 0 Å². The van der Waals surface area contributed by atoms with Crippen LogP contribution in [0.25, 0.3) is 0 Å². The molecule has 2 aromatic carbocycles. The van der Waals surface area contributed by atoms with Crippen molar-refractivity contribution in [3.8, 4) is 0 Å². The number of hydrogen-bond acceptors (Lipinski definition) is 3. The largest absolute Gasteiger partial charge is 0.387 e. The van der Waals surface area contributed by atoms with Crippen LogP contribution in [0.5, 0.6) is 0 Å². The highest BCUT2D eigenvalue weighted by Crippen LogP contribution is 2.20. The molecule has 2 unspecified atom stereocenters. The second-order valence-corrected chi connectivity index (χ2v) is 5.58. The van der Waals surface area contributed by atoms with Gasteiger partial charge in [0, 0.05) is 24.7 Å². The number of hydrogen-bond donors (Lipinski definition) is 3. The number of halogens is 2. The zero-order chi connectivity index (χ0) is 17.5. The third-order valence-electron chi connectivity index (χ3n) is 3.54. The molecule has 6 heteroatoms. The van der Waals surface area contributed by atoms with Crippen molar-refractivity contribution in [2.24, 2.45) is 0 Å². The first kappa shape index (κ1) is 18.0. The van der Waals surface area contributed by atoms with E-state index < -0.39 is 17.7 Å². The van der Waals surface area contributed by atoms with Crippen LogP contribution in [0.2, 0.25) is 0 Å². The van der Waals surface area contributed by atoms with Gasteiger partial charge in [0.25, 0.3) is 0 Å². The minimum Gasteiger partial charge on any atom is -0.387 e. The maximum Gasteiger partial charge on any atom is 0.225 e. The Labute approximate surface area is 139 Å². The molecule has 3 N–H and O–H groups in total. The molecule has 0 aromatic heterocycles. The van der Waals surface area contributed by atoms with E-state index in [0.29, 0.717) is 5.69 Å². The van der Waals surface area contributed by atoms with Gasteiger partial charge < -0.3 is 15.7 Å². The second-order valence-electron chi connectivity index (χ2n) is 5.58. The Morgan fingerprint density at radius 3 is 2.33 bits per heavy atom. The van der Waals surface area contributed by atoms with Crippen LogP contribution in [0.4, 0.5) is 14.5 Å². The zero-order valence-corrected chi connectivity index (χ0v) is 13.3. The van der Waals surface area contributed by atoms with Gasteiger partial charge in [0.2, 0.25) is 5.91 Å². The fourth-order valence-corrected chi connectivity index (χ4v) is 2.33. The van der Waals surface area contributed by atoms with E-state index >= 15 is 0 Å². The van der Waals surface area contributed by atoms with Crippen molar-refractivity contribution in [2.45, 2.75) is 25.5 Å². The SMILES string of the molecule is CC(CC(=O)Nc1ccccc1)NCC(O)c1c(F)cccc1F. The lowest BCUT2D eigenvalue weighted by atomic mass is 10.1. The summed E-state index contributed by atoms with van der Waals surface area (Å²) in [6, 6.07) is 12.2. The molecule has 4 nitrogen and oxygen atoms in total. The quantitative estimate of drug-likeness (QED) is 0.729. The third kappa shape index (κ3) is 5.11. The number of nitrogens with one attached hydrogen (secondary N) is 2. The van der Waals surface area contributed by atoms with Crippen LogP contribution >= 0.6 is 0 Å². The monoisotopic (exact) mass is 334 g/mol. The average molecular weight is 334 g/mol. The van der Waals surface area contributed by atoms with E-state index in [1.807, 2.05) is 18.2 Å². The lowest BCUT2D eigenvalue weighted by molar-refractivity contribution is -0.116. The molecule has 0 aliphatic rings. The van der Waals surface area contributed by atoms with Gasteiger partial charge in [-0.05, 0) is 31.2 Å². The molecule has 0 aliphatic carbocycles. The number of aliphatic hydroxyl groups is 1. The molecule has 0 heterocycles. The van der Waals surface area contributed by atoms with Crippen LogP contribution in [-0.4, -0.2) is 23.6 Å². The second kappa shape index (κ2) is 8.52. The first-order valence-electron chi connectivity index (χ1n) is 7.67. The summed E-state index contributed by atoms with van der Waals surface area (Å²) < 4.78 is 27.2. The van der Waals surface area contributed by atoms with Crippen molar-refractivity contribution < 1.29 is 18.7 Å². The van der Waals surface area contributed by atoms with Crippen LogP contribution in [0.3, 0.4) is 0 Å². The number of carbonyl (C=O) groups excluding carboxylic acids is 1. The number of carbonyl (C=O) groups is 1. The van der Waals surface area contributed by atoms with Crippen LogP contribution in [0, 0.1) is 11.6 Å². The molecule has 0 spiro atoms. The summed E-state index contributed by atoms with van der Waals surface area (Å²) >= 11 is 0. The minimum absolute atomic E-state index is 0.0579. The van der Waals surface area contributed by atoms with E-state index in [2.05, 4.69) is 10.6 Å². The first-order valence-corrected chi connectivity index (χ1v) is 7.67. The molecule has 0 saturated carbocycles. The Bertz CT molecular complexity index is 660. The standard InChI is InChI=1S/C18H20F2N2O2/c1-12(10-17(24)22-13-6-3-2-4-7-13)21-11-16(23)18-14(19)8-5-9-15(18)20/h2-9,12,16,21,23H,10-11H2,1H3,(H,22,24). The Balaban J connectivity index is 1.82. The topological polar surface area (TPSA) is 61.4 Å². The summed E-state index contributed by atoms with van der Waals surface area (Å²) in [7, 11) is 0. The Hall–Kier alpha value is -2.31. The highest BCUT2D eigenvalue weighted by Gasteiger charge is 2.18. The molecule has 24 heavy (non-hydrogen) atoms. The number of anilines is 1. The maximum absolute atomic E-state index is 13.6. The maximum atomic E-state index is 13.6. The smallest absolute Gasteiger partial charge is 0.225 e. The summed E-state index contributed by atoms with van der Waals surface area (Å²) in [6.45, 7) is 1.70. The lowest BCUT2D eigenvalue weighted by Crippen LogP contribution is -2.34. The van der Waals surface area contributed by atoms with E-state index in [9.17, 15) is 18.7 Å². The molecule has 0 aliphatic heterocycles. The average Bonchev–Trinajstić information content (AvgIpc) is 2.53. The molecule has 2 rings (SSSR count). The molecule has 0 saturated heterocycles. The highest BCUT2D eigenvalue weighted by molar-refractivity contribution is 5.90. The number of rotatable bonds is 7. The molecule has 128 valence electrons. The van der Waals surface area contributed by atoms with E-state index in [1.54, 1.807) is 19.1 Å². The fraction of sp³-hybridized carbons (Fsp3) is 0.278. The fourth-order valence-electron chi connectivity index (χ4n) is 2.33. The van der Waals surface area contributed by atoms with E-state index in [-0.39, 0.29) is 30.5 Å². The van der Waals surface area contributed by atoms with Gasteiger partial charge in [-0.3, -0.25) is 4.79 Å². The summed E-state index contributed by atoms with van der Waals surface area (Å²) in [5.74, 6) is -1.77. The van der Waals surface area contributed by atoms with Gasteiger partial charge in [-0.1, -0.05) is 24.3 Å². The van der Waals surface area contributed by atoms with Crippen LogP contribution in [0.1, 0.15) is 25.0 Å². The van der Waals surface area contributed by atoms with E-state index in [4.69, 9.17) is 0 Å². The lowest BCUT2D eigenvalue weighted by Gasteiger charge is -2.18. The van der Waals surface area contributed by atoms with Crippen LogP contribution < -0.4 is 10.6 Å². The number of amides is 1. The van der Waals surface area contributed by atoms with Crippen molar-refractivity contribution >= 4 is 11.6 Å². The van der Waals surface area contributed by atoms with Gasteiger partial charge in [-0.2, -0.15) is 0 Å². The highest BCUT2D eigenvalue weighted by atomic mass is 19.1. The molecule has 2 aromatic rings. The summed E-state index contributed by atoms with van der Waals surface area (Å²) in [4.78, 5) is 11.9. The zero-order valence-electron chi connectivity index (χ0n) is 13.3. The van der Waals surface area contributed by atoms with Crippen molar-refractivity contribution in [3.63, 3.8) is 0 Å². The summed E-state index contributed by atoms with van der Waals surface area (Å²) in [5.41, 5.74) is 0.328. The van der Waals surface area contributed by atoms with Crippen molar-refractivity contribution in [2.75, 3.05) is 11.9 Å². The van der Waals surface area contributed by atoms with E-state index in [0.717, 1.165) is 12.1 Å². The van der Waals surface area contributed by atoms with Crippen LogP contribution in [0.15, 0.2) is 48.5 Å². The van der Waals surface area contributed by atoms with Gasteiger partial charge in [0.15, 0.2) is 0 Å². The molecule has 1 amide bonds. The Morgan fingerprint density at radius 1 is 1.08 bits per heavy atom. The van der Waals surface area contributed by atoms with Crippen LogP contribution in [-0.2, 0) is 4.79 Å². The predicted octanol–water partition coefficient (Wildman–Crippen LogP) is 3.01. The molecule has 0 fully saturated rings. The number of para-hydroxylation sites is 1. The molecule has 0 bridgehead atoms. The Kier molecular flexibility index (Phi) is 6.40. The molecular formula is C18H20F2N2O2. The molecule has 2 atom stereocenters. The minimum atomic E-state index is -1.33. The van der Waals surface area contributed by atoms with Crippen molar-refractivity contribution in [1.29, 1.82) is 0 Å². The third-order valence-corrected chi connectivity index (χ3v) is 3.54. The van der Waals surface area contributed by atoms with Gasteiger partial charge in [0.05, 0.1) is 11.7 Å². The van der Waals surface area contributed by atoms with Gasteiger partial charge in [-0.25, -0.2) is 8.78 Å². The summed E-state index contributed by atoms with van der Waals surface area (Å²) in [6.07, 6.45) is -1.16. The Morgan fingerprint density at radius 2 is 1.71 bits per heavy atom. The first-order chi connectivity index (χ1) is 11.5.